The molecule has 7 nitrogen and oxygen atoms in total. The minimum atomic E-state index is -1.22. The Kier molecular flexibility index (Phi) is 3.60. The number of ether oxygens (including phenoxy) is 1. The molecule has 1 N–H and O–H groups in total. The normalized spacial score (nSPS) is 23.3. The fourth-order valence-corrected chi connectivity index (χ4v) is 2.90. The Morgan fingerprint density at radius 3 is 2.78 bits per heavy atom. The molecule has 2 heterocycles. The minimum absolute atomic E-state index is 0.0142. The number of amides is 2. The first-order valence-corrected chi connectivity index (χ1v) is 7.31. The summed E-state index contributed by atoms with van der Waals surface area (Å²) in [5.41, 5.74) is 2.77. The van der Waals surface area contributed by atoms with E-state index in [0.717, 1.165) is 10.5 Å². The van der Waals surface area contributed by atoms with Gasteiger partial charge in [0.25, 0.3) is 5.91 Å². The van der Waals surface area contributed by atoms with Gasteiger partial charge in [0.1, 0.15) is 11.3 Å². The molecule has 0 saturated carbocycles. The van der Waals surface area contributed by atoms with E-state index in [4.69, 9.17) is 11.6 Å². The fourth-order valence-electron chi connectivity index (χ4n) is 2.72. The lowest BCUT2D eigenvalue weighted by atomic mass is 9.93. The number of hydrazone groups is 1. The Hall–Kier alpha value is -2.41. The van der Waals surface area contributed by atoms with Crippen LogP contribution in [-0.4, -0.2) is 36.1 Å². The van der Waals surface area contributed by atoms with Crippen molar-refractivity contribution in [2.24, 2.45) is 5.10 Å². The average molecular weight is 336 g/mol. The molecule has 0 aromatic heterocycles. The predicted octanol–water partition coefficient (Wildman–Crippen LogP) is 1.17. The molecule has 1 aromatic rings. The molecule has 0 aliphatic carbocycles. The first kappa shape index (κ1) is 15.5. The first-order chi connectivity index (χ1) is 10.9. The Morgan fingerprint density at radius 2 is 2.13 bits per heavy atom. The number of hydrogen-bond donors (Lipinski definition) is 1. The third-order valence-electron chi connectivity index (χ3n) is 4.02. The number of rotatable bonds is 2. The minimum Gasteiger partial charge on any atom is -0.464 e. The van der Waals surface area contributed by atoms with Gasteiger partial charge in [0.15, 0.2) is 0 Å². The van der Waals surface area contributed by atoms with E-state index in [1.54, 1.807) is 18.2 Å². The standard InChI is InChI=1S/C15H14ClN3O4/c1-8-3-4-9(5-10(8)16)19-12(20)7-15(14(19)22)6-11(17-18-15)13(21)23-2/h3-5,18H,6-7H2,1-2H3/t15-/m0/s1. The van der Waals surface area contributed by atoms with Crippen LogP contribution in [0.25, 0.3) is 0 Å². The maximum Gasteiger partial charge on any atom is 0.354 e. The summed E-state index contributed by atoms with van der Waals surface area (Å²) in [6, 6.07) is 4.97. The molecule has 1 spiro atoms. The van der Waals surface area contributed by atoms with Crippen molar-refractivity contribution >= 4 is 40.8 Å². The predicted molar refractivity (Wildman–Crippen MR) is 83.2 cm³/mol. The lowest BCUT2D eigenvalue weighted by Crippen LogP contribution is -2.47. The van der Waals surface area contributed by atoms with Crippen LogP contribution in [0.4, 0.5) is 5.69 Å². The number of halogens is 1. The summed E-state index contributed by atoms with van der Waals surface area (Å²) in [5, 5.41) is 4.32. The van der Waals surface area contributed by atoms with Crippen LogP contribution in [-0.2, 0) is 19.1 Å². The number of aryl methyl sites for hydroxylation is 1. The summed E-state index contributed by atoms with van der Waals surface area (Å²) >= 11 is 6.07. The van der Waals surface area contributed by atoms with Gasteiger partial charge in [-0.2, -0.15) is 5.10 Å². The Bertz CT molecular complexity index is 761. The summed E-state index contributed by atoms with van der Waals surface area (Å²) < 4.78 is 4.60. The molecule has 1 saturated heterocycles. The monoisotopic (exact) mass is 335 g/mol. The summed E-state index contributed by atoms with van der Waals surface area (Å²) in [5.74, 6) is -1.44. The summed E-state index contributed by atoms with van der Waals surface area (Å²) in [6.07, 6.45) is -0.0678. The Balaban J connectivity index is 1.89. The van der Waals surface area contributed by atoms with Gasteiger partial charge in [-0.15, -0.1) is 0 Å². The SMILES string of the molecule is COC(=O)C1=NN[C@]2(CC(=O)N(c3ccc(C)c(Cl)c3)C2=O)C1. The third-order valence-corrected chi connectivity index (χ3v) is 4.43. The van der Waals surface area contributed by atoms with Crippen molar-refractivity contribution in [1.29, 1.82) is 0 Å². The number of carbonyl (C=O) groups is 3. The lowest BCUT2D eigenvalue weighted by Gasteiger charge is -2.21. The number of imide groups is 1. The Morgan fingerprint density at radius 1 is 1.39 bits per heavy atom. The fraction of sp³-hybridized carbons (Fsp3) is 0.333. The van der Waals surface area contributed by atoms with Gasteiger partial charge in [-0.1, -0.05) is 17.7 Å². The number of benzene rings is 1. The second-order valence-electron chi connectivity index (χ2n) is 5.57. The van der Waals surface area contributed by atoms with Gasteiger partial charge in [-0.25, -0.2) is 9.69 Å². The second-order valence-corrected chi connectivity index (χ2v) is 5.97. The van der Waals surface area contributed by atoms with Crippen molar-refractivity contribution < 1.29 is 19.1 Å². The van der Waals surface area contributed by atoms with Crippen molar-refractivity contribution in [3.8, 4) is 0 Å². The molecule has 3 rings (SSSR count). The van der Waals surface area contributed by atoms with Crippen LogP contribution in [0.5, 0.6) is 0 Å². The third kappa shape index (κ3) is 2.37. The number of methoxy groups -OCH3 is 1. The highest BCUT2D eigenvalue weighted by molar-refractivity contribution is 6.39. The highest BCUT2D eigenvalue weighted by atomic mass is 35.5. The highest BCUT2D eigenvalue weighted by Crippen LogP contribution is 2.35. The zero-order valence-corrected chi connectivity index (χ0v) is 13.3. The van der Waals surface area contributed by atoms with E-state index in [1.807, 2.05) is 6.92 Å². The van der Waals surface area contributed by atoms with Crippen LogP contribution in [0.3, 0.4) is 0 Å². The van der Waals surface area contributed by atoms with E-state index in [1.165, 1.54) is 7.11 Å². The van der Waals surface area contributed by atoms with Crippen molar-refractivity contribution in [2.45, 2.75) is 25.3 Å². The van der Waals surface area contributed by atoms with Crippen LogP contribution in [0.15, 0.2) is 23.3 Å². The van der Waals surface area contributed by atoms with Crippen molar-refractivity contribution in [3.05, 3.63) is 28.8 Å². The van der Waals surface area contributed by atoms with Gasteiger partial charge < -0.3 is 4.74 Å². The zero-order chi connectivity index (χ0) is 16.8. The molecule has 120 valence electrons. The van der Waals surface area contributed by atoms with E-state index in [9.17, 15) is 14.4 Å². The van der Waals surface area contributed by atoms with E-state index >= 15 is 0 Å². The molecular weight excluding hydrogens is 322 g/mol. The Labute approximate surface area is 137 Å². The van der Waals surface area contributed by atoms with Crippen LogP contribution in [0, 0.1) is 6.92 Å². The average Bonchev–Trinajstić information content (AvgIpc) is 3.04. The van der Waals surface area contributed by atoms with Crippen LogP contribution >= 0.6 is 11.6 Å². The number of nitrogens with zero attached hydrogens (tertiary/aromatic N) is 2. The number of nitrogens with one attached hydrogen (secondary N) is 1. The van der Waals surface area contributed by atoms with Gasteiger partial charge in [0.2, 0.25) is 5.91 Å². The molecule has 0 bridgehead atoms. The topological polar surface area (TPSA) is 88.1 Å². The van der Waals surface area contributed by atoms with Crippen LogP contribution < -0.4 is 10.3 Å². The molecule has 2 aliphatic rings. The largest absolute Gasteiger partial charge is 0.464 e. The molecule has 2 aliphatic heterocycles. The summed E-state index contributed by atoms with van der Waals surface area (Å²) in [7, 11) is 1.23. The van der Waals surface area contributed by atoms with Gasteiger partial charge in [0, 0.05) is 11.4 Å². The van der Waals surface area contributed by atoms with Crippen molar-refractivity contribution in [3.63, 3.8) is 0 Å². The smallest absolute Gasteiger partial charge is 0.354 e. The van der Waals surface area contributed by atoms with Gasteiger partial charge in [0.05, 0.1) is 19.2 Å². The van der Waals surface area contributed by atoms with E-state index in [-0.39, 0.29) is 24.5 Å². The van der Waals surface area contributed by atoms with Gasteiger partial charge in [-0.05, 0) is 24.6 Å². The van der Waals surface area contributed by atoms with Crippen molar-refractivity contribution in [1.82, 2.24) is 5.43 Å². The first-order valence-electron chi connectivity index (χ1n) is 6.93. The molecule has 1 atom stereocenters. The second kappa shape index (κ2) is 5.34. The summed E-state index contributed by atoms with van der Waals surface area (Å²) in [4.78, 5) is 37.7. The van der Waals surface area contributed by atoms with Crippen LogP contribution in [0.1, 0.15) is 18.4 Å². The molecule has 0 unspecified atom stereocenters. The highest BCUT2D eigenvalue weighted by Gasteiger charge is 2.56. The van der Waals surface area contributed by atoms with Crippen LogP contribution in [0.2, 0.25) is 5.02 Å². The molecule has 0 radical (unpaired) electrons. The molecular formula is C15H14ClN3O4. The van der Waals surface area contributed by atoms with Crippen molar-refractivity contribution in [2.75, 3.05) is 12.0 Å². The van der Waals surface area contributed by atoms with Gasteiger partial charge >= 0.3 is 5.97 Å². The molecule has 2 amide bonds. The number of hydrogen-bond acceptors (Lipinski definition) is 6. The molecule has 8 heteroatoms. The molecule has 23 heavy (non-hydrogen) atoms. The maximum atomic E-state index is 12.8. The van der Waals surface area contributed by atoms with Gasteiger partial charge in [-0.3, -0.25) is 15.0 Å². The lowest BCUT2D eigenvalue weighted by molar-refractivity contribution is -0.132. The zero-order valence-electron chi connectivity index (χ0n) is 12.6. The van der Waals surface area contributed by atoms with E-state index in [0.29, 0.717) is 10.7 Å². The quantitative estimate of drug-likeness (QED) is 0.647. The number of anilines is 1. The number of carbonyl (C=O) groups excluding carboxylic acids is 3. The molecule has 1 fully saturated rings. The number of esters is 1. The summed E-state index contributed by atoms with van der Waals surface area (Å²) in [6.45, 7) is 1.83. The van der Waals surface area contributed by atoms with E-state index in [2.05, 4.69) is 15.3 Å². The van der Waals surface area contributed by atoms with E-state index < -0.39 is 17.4 Å². The molecule has 1 aromatic carbocycles. The maximum absolute atomic E-state index is 12.8.